The number of nitrogens with zero attached hydrogens (tertiary/aromatic N) is 2. The maximum atomic E-state index is 14.5. The van der Waals surface area contributed by atoms with E-state index in [0.717, 1.165) is 12.1 Å². The molecule has 1 aromatic carbocycles. The Balaban J connectivity index is 2.02. The Bertz CT molecular complexity index is 1060. The molecule has 29 heavy (non-hydrogen) atoms. The van der Waals surface area contributed by atoms with Gasteiger partial charge >= 0.3 is 18.3 Å². The van der Waals surface area contributed by atoms with Crippen molar-refractivity contribution in [3.05, 3.63) is 53.0 Å². The van der Waals surface area contributed by atoms with Crippen molar-refractivity contribution in [2.24, 2.45) is 0 Å². The number of carbonyl (C=O) groups is 1. The third-order valence-corrected chi connectivity index (χ3v) is 3.86. The summed E-state index contributed by atoms with van der Waals surface area (Å²) in [6, 6.07) is 3.87. The highest BCUT2D eigenvalue weighted by atomic mass is 19.4. The molecular formula is C18H13F5N2O4. The van der Waals surface area contributed by atoms with Crippen molar-refractivity contribution in [3.63, 3.8) is 0 Å². The Kier molecular flexibility index (Phi) is 5.16. The number of aryl methyl sites for hydroxylation is 1. The number of carbonyl (C=O) groups excluding carboxylic acids is 1. The highest BCUT2D eigenvalue weighted by Gasteiger charge is 2.46. The van der Waals surface area contributed by atoms with Crippen molar-refractivity contribution < 1.29 is 40.6 Å². The second-order valence-electron chi connectivity index (χ2n) is 5.82. The Morgan fingerprint density at radius 2 is 1.90 bits per heavy atom. The van der Waals surface area contributed by atoms with Crippen LogP contribution in [0.3, 0.4) is 0 Å². The second kappa shape index (κ2) is 7.30. The molecule has 2 heterocycles. The lowest BCUT2D eigenvalue weighted by Crippen LogP contribution is -2.27. The molecule has 0 saturated heterocycles. The van der Waals surface area contributed by atoms with Gasteiger partial charge in [-0.15, -0.1) is 5.10 Å². The van der Waals surface area contributed by atoms with Gasteiger partial charge in [0.25, 0.3) is 0 Å². The standard InChI is InChI=1S/C18H13F5N2O4/c1-3-27-16(26)14-9(2)28-13-5-4-10(8-11(13)14)29-18(22,23)12-6-7-24-25-15(12)17(19,20)21/h4-8H,3H2,1-2H3. The number of hydrogen-bond acceptors (Lipinski definition) is 6. The van der Waals surface area contributed by atoms with Crippen LogP contribution in [0, 0.1) is 6.92 Å². The van der Waals surface area contributed by atoms with Crippen LogP contribution in [-0.4, -0.2) is 22.8 Å². The van der Waals surface area contributed by atoms with Crippen LogP contribution in [0.2, 0.25) is 0 Å². The van der Waals surface area contributed by atoms with Crippen LogP contribution in [0.25, 0.3) is 11.0 Å². The van der Waals surface area contributed by atoms with Crippen LogP contribution in [-0.2, 0) is 17.0 Å². The minimum absolute atomic E-state index is 0.0113. The fourth-order valence-corrected chi connectivity index (χ4v) is 2.70. The fourth-order valence-electron chi connectivity index (χ4n) is 2.70. The SMILES string of the molecule is CCOC(=O)c1c(C)oc2ccc(OC(F)(F)c3ccnnc3C(F)(F)F)cc12. The molecule has 6 nitrogen and oxygen atoms in total. The molecule has 0 fully saturated rings. The Morgan fingerprint density at radius 1 is 1.17 bits per heavy atom. The first-order chi connectivity index (χ1) is 13.5. The summed E-state index contributed by atoms with van der Waals surface area (Å²) in [7, 11) is 0. The largest absolute Gasteiger partial charge is 0.462 e. The summed E-state index contributed by atoms with van der Waals surface area (Å²) in [4.78, 5) is 12.1. The van der Waals surface area contributed by atoms with Gasteiger partial charge in [-0.2, -0.15) is 27.1 Å². The van der Waals surface area contributed by atoms with Gasteiger partial charge in [0.1, 0.15) is 22.7 Å². The molecule has 0 aliphatic carbocycles. The summed E-state index contributed by atoms with van der Waals surface area (Å²) in [5.74, 6) is -1.02. The van der Waals surface area contributed by atoms with E-state index in [9.17, 15) is 26.7 Å². The van der Waals surface area contributed by atoms with E-state index in [1.807, 2.05) is 0 Å². The predicted octanol–water partition coefficient (Wildman–Crippen LogP) is 4.86. The summed E-state index contributed by atoms with van der Waals surface area (Å²) in [6.07, 6.45) is -8.83. The molecule has 0 bridgehead atoms. The zero-order chi connectivity index (χ0) is 21.4. The molecule has 11 heteroatoms. The number of fused-ring (bicyclic) bond motifs is 1. The van der Waals surface area contributed by atoms with Crippen LogP contribution in [0.1, 0.15) is 34.3 Å². The first-order valence-corrected chi connectivity index (χ1v) is 8.21. The lowest BCUT2D eigenvalue weighted by molar-refractivity contribution is -0.196. The summed E-state index contributed by atoms with van der Waals surface area (Å²) < 4.78 is 82.8. The van der Waals surface area contributed by atoms with E-state index in [4.69, 9.17) is 9.15 Å². The Hall–Kier alpha value is -3.24. The second-order valence-corrected chi connectivity index (χ2v) is 5.82. The van der Waals surface area contributed by atoms with Crippen molar-refractivity contribution in [2.75, 3.05) is 6.61 Å². The lowest BCUT2D eigenvalue weighted by Gasteiger charge is -2.20. The Morgan fingerprint density at radius 3 is 2.55 bits per heavy atom. The van der Waals surface area contributed by atoms with E-state index < -0.39 is 35.3 Å². The molecular weight excluding hydrogens is 403 g/mol. The van der Waals surface area contributed by atoms with Crippen LogP contribution in [0.15, 0.2) is 34.9 Å². The van der Waals surface area contributed by atoms with Crippen LogP contribution < -0.4 is 4.74 Å². The van der Waals surface area contributed by atoms with Gasteiger partial charge in [-0.05, 0) is 38.1 Å². The molecule has 2 aromatic heterocycles. The molecule has 0 unspecified atom stereocenters. The zero-order valence-electron chi connectivity index (χ0n) is 15.0. The predicted molar refractivity (Wildman–Crippen MR) is 88.5 cm³/mol. The van der Waals surface area contributed by atoms with Gasteiger partial charge in [-0.3, -0.25) is 0 Å². The lowest BCUT2D eigenvalue weighted by atomic mass is 10.1. The highest BCUT2D eigenvalue weighted by Crippen LogP contribution is 2.40. The van der Waals surface area contributed by atoms with E-state index in [2.05, 4.69) is 14.9 Å². The number of aromatic nitrogens is 2. The number of benzene rings is 1. The van der Waals surface area contributed by atoms with Gasteiger partial charge in [0.2, 0.25) is 0 Å². The van der Waals surface area contributed by atoms with Crippen molar-refractivity contribution >= 4 is 16.9 Å². The van der Waals surface area contributed by atoms with E-state index in [1.165, 1.54) is 13.0 Å². The highest BCUT2D eigenvalue weighted by molar-refractivity contribution is 6.04. The third-order valence-electron chi connectivity index (χ3n) is 3.86. The monoisotopic (exact) mass is 416 g/mol. The fraction of sp³-hybridized carbons (Fsp3) is 0.278. The van der Waals surface area contributed by atoms with Crippen molar-refractivity contribution in [2.45, 2.75) is 26.1 Å². The van der Waals surface area contributed by atoms with Crippen LogP contribution >= 0.6 is 0 Å². The van der Waals surface area contributed by atoms with E-state index >= 15 is 0 Å². The van der Waals surface area contributed by atoms with Gasteiger partial charge in [0.05, 0.1) is 18.4 Å². The van der Waals surface area contributed by atoms with E-state index in [0.29, 0.717) is 12.3 Å². The third kappa shape index (κ3) is 3.98. The molecule has 0 aliphatic rings. The molecule has 0 amide bonds. The van der Waals surface area contributed by atoms with Gasteiger partial charge in [-0.25, -0.2) is 4.79 Å². The maximum absolute atomic E-state index is 14.5. The topological polar surface area (TPSA) is 74.5 Å². The minimum Gasteiger partial charge on any atom is -0.462 e. The van der Waals surface area contributed by atoms with Crippen molar-refractivity contribution in [1.29, 1.82) is 0 Å². The number of hydrogen-bond donors (Lipinski definition) is 0. The normalized spacial score (nSPS) is 12.2. The molecule has 0 spiro atoms. The Labute approximate surface area is 160 Å². The quantitative estimate of drug-likeness (QED) is 0.437. The van der Waals surface area contributed by atoms with Crippen molar-refractivity contribution in [3.8, 4) is 5.75 Å². The van der Waals surface area contributed by atoms with Gasteiger partial charge in [0, 0.05) is 5.39 Å². The number of rotatable bonds is 5. The van der Waals surface area contributed by atoms with Gasteiger partial charge < -0.3 is 13.9 Å². The summed E-state index contributed by atoms with van der Waals surface area (Å²) >= 11 is 0. The minimum atomic E-state index is -5.15. The molecule has 3 rings (SSSR count). The number of halogens is 5. The smallest absolute Gasteiger partial charge is 0.435 e. The molecule has 0 N–H and O–H groups in total. The van der Waals surface area contributed by atoms with Crippen LogP contribution in [0.5, 0.6) is 5.75 Å². The first-order valence-electron chi connectivity index (χ1n) is 8.21. The molecule has 3 aromatic rings. The van der Waals surface area contributed by atoms with Gasteiger partial charge in [0.15, 0.2) is 5.69 Å². The molecule has 0 atom stereocenters. The molecule has 154 valence electrons. The summed E-state index contributed by atoms with van der Waals surface area (Å²) in [5, 5.41) is 5.88. The first kappa shape index (κ1) is 20.5. The van der Waals surface area contributed by atoms with Gasteiger partial charge in [-0.1, -0.05) is 0 Å². The number of furan rings is 1. The number of alkyl halides is 5. The molecule has 0 aliphatic heterocycles. The average Bonchev–Trinajstić information content (AvgIpc) is 2.96. The average molecular weight is 416 g/mol. The maximum Gasteiger partial charge on any atom is 0.435 e. The number of ether oxygens (including phenoxy) is 2. The van der Waals surface area contributed by atoms with E-state index in [-0.39, 0.29) is 28.9 Å². The summed E-state index contributed by atoms with van der Waals surface area (Å²) in [5.41, 5.74) is -3.15. The molecule has 0 saturated carbocycles. The van der Waals surface area contributed by atoms with Crippen LogP contribution in [0.4, 0.5) is 22.0 Å². The summed E-state index contributed by atoms with van der Waals surface area (Å²) in [6.45, 7) is 3.15. The van der Waals surface area contributed by atoms with Crippen molar-refractivity contribution in [1.82, 2.24) is 10.2 Å². The zero-order valence-corrected chi connectivity index (χ0v) is 15.0. The molecule has 0 radical (unpaired) electrons. The number of esters is 1. The van der Waals surface area contributed by atoms with E-state index in [1.54, 1.807) is 6.92 Å².